The van der Waals surface area contributed by atoms with E-state index in [0.717, 1.165) is 98.9 Å². The van der Waals surface area contributed by atoms with Gasteiger partial charge in [0, 0.05) is 71.6 Å². The van der Waals surface area contributed by atoms with Gasteiger partial charge in [-0.25, -0.2) is 44.9 Å². The Morgan fingerprint density at radius 1 is 0.208 bits per heavy atom. The van der Waals surface area contributed by atoms with Crippen molar-refractivity contribution in [3.63, 3.8) is 0 Å². The summed E-state index contributed by atoms with van der Waals surface area (Å²) < 4.78 is 2.40. The Labute approximate surface area is 441 Å². The number of hydrogen-bond acceptors (Lipinski definition) is 9. The molecule has 15 rings (SSSR count). The van der Waals surface area contributed by atoms with Gasteiger partial charge in [-0.15, -0.1) is 0 Å². The van der Waals surface area contributed by atoms with Crippen molar-refractivity contribution < 1.29 is 0 Å². The summed E-state index contributed by atoms with van der Waals surface area (Å²) in [7, 11) is 0. The maximum absolute atomic E-state index is 5.26. The second kappa shape index (κ2) is 18.0. The highest BCUT2D eigenvalue weighted by Gasteiger charge is 2.24. The number of aromatic nitrogens is 10. The highest BCUT2D eigenvalue weighted by atomic mass is 15.1. The molecule has 0 spiro atoms. The number of benzene rings is 10. The Kier molecular flexibility index (Phi) is 10.3. The van der Waals surface area contributed by atoms with Gasteiger partial charge in [-0.05, 0) is 53.2 Å². The van der Waals surface area contributed by atoms with Crippen molar-refractivity contribution in [3.05, 3.63) is 243 Å². The third-order valence-corrected chi connectivity index (χ3v) is 14.3. The monoisotopic (exact) mass is 984 g/mol. The van der Waals surface area contributed by atoms with Crippen LogP contribution in [0.15, 0.2) is 243 Å². The van der Waals surface area contributed by atoms with Crippen molar-refractivity contribution >= 4 is 48.9 Å². The SMILES string of the molecule is c1ccc(-c2nc(-c3ccccc3)nc(-c3ccc4c(c3)c3cc(-c5nc(-c6ccccc6)nc(-c6ccccc6)n5)cc5c6ccc(-c7nc(-c8ccccc8)nc(-c8ccccc8)n7)c7cccc(c76)n4c53)n2)cc1. The molecule has 5 heterocycles. The third kappa shape index (κ3) is 7.62. The number of fused-ring (bicyclic) bond motifs is 5. The Morgan fingerprint density at radius 2 is 0.558 bits per heavy atom. The molecule has 0 aliphatic rings. The Morgan fingerprint density at radius 3 is 0.974 bits per heavy atom. The van der Waals surface area contributed by atoms with E-state index in [1.165, 1.54) is 0 Å². The fourth-order valence-electron chi connectivity index (χ4n) is 10.7. The standard InChI is InChI=1S/C67H40N10/c1-7-20-41(21-8-1)59-68-60(42-22-9-2-10-23-42)72-65(71-59)47-34-37-55-52(38-47)54-40-48(66-73-61(43-24-11-3-12-25-43)69-62(74-66)44-26-13-4-14-27-44)39-53-50-35-36-51(49-32-19-33-56(57(49)50)77(55)58(53)54)67-75-63(45-28-15-5-16-29-45)70-64(76-67)46-30-17-6-18-31-46/h1-40H. The minimum absolute atomic E-state index is 0.559. The topological polar surface area (TPSA) is 120 Å². The summed E-state index contributed by atoms with van der Waals surface area (Å²) >= 11 is 0. The van der Waals surface area contributed by atoms with Crippen LogP contribution in [0.2, 0.25) is 0 Å². The Bertz CT molecular complexity index is 4540. The molecule has 0 unspecified atom stereocenters. The van der Waals surface area contributed by atoms with E-state index >= 15 is 0 Å². The molecular weight excluding hydrogens is 945 g/mol. The average molecular weight is 985 g/mol. The first-order valence-corrected chi connectivity index (χ1v) is 25.5. The van der Waals surface area contributed by atoms with Crippen LogP contribution in [0.25, 0.3) is 151 Å². The van der Waals surface area contributed by atoms with Crippen LogP contribution in [0.5, 0.6) is 0 Å². The largest absolute Gasteiger partial charge is 0.308 e. The van der Waals surface area contributed by atoms with E-state index in [9.17, 15) is 0 Å². The van der Waals surface area contributed by atoms with Crippen LogP contribution in [0.3, 0.4) is 0 Å². The van der Waals surface area contributed by atoms with Gasteiger partial charge in [-0.3, -0.25) is 0 Å². The van der Waals surface area contributed by atoms with E-state index in [-0.39, 0.29) is 0 Å². The highest BCUT2D eigenvalue weighted by molar-refractivity contribution is 6.29. The maximum Gasteiger partial charge on any atom is 0.164 e. The third-order valence-electron chi connectivity index (χ3n) is 14.3. The summed E-state index contributed by atoms with van der Waals surface area (Å²) in [5.74, 6) is 5.29. The predicted molar refractivity (Wildman–Crippen MR) is 308 cm³/mol. The first-order valence-electron chi connectivity index (χ1n) is 25.5. The molecule has 0 radical (unpaired) electrons. The van der Waals surface area contributed by atoms with E-state index in [0.29, 0.717) is 52.4 Å². The normalized spacial score (nSPS) is 11.6. The van der Waals surface area contributed by atoms with E-state index in [1.54, 1.807) is 0 Å². The van der Waals surface area contributed by atoms with Gasteiger partial charge < -0.3 is 4.40 Å². The second-order valence-electron chi connectivity index (χ2n) is 19.0. The summed E-state index contributed by atoms with van der Waals surface area (Å²) in [5.41, 5.74) is 11.2. The molecule has 0 amide bonds. The fourth-order valence-corrected chi connectivity index (χ4v) is 10.7. The van der Waals surface area contributed by atoms with Crippen molar-refractivity contribution in [3.8, 4) is 102 Å². The van der Waals surface area contributed by atoms with Gasteiger partial charge in [0.15, 0.2) is 52.4 Å². The number of rotatable bonds is 9. The Hall–Kier alpha value is -10.7. The Balaban J connectivity index is 1.02. The highest BCUT2D eigenvalue weighted by Crippen LogP contribution is 2.45. The molecule has 10 nitrogen and oxygen atoms in total. The van der Waals surface area contributed by atoms with Crippen molar-refractivity contribution in [1.82, 2.24) is 49.3 Å². The van der Waals surface area contributed by atoms with Gasteiger partial charge in [0.2, 0.25) is 0 Å². The molecule has 0 saturated heterocycles. The second-order valence-corrected chi connectivity index (χ2v) is 19.0. The van der Waals surface area contributed by atoms with Crippen molar-refractivity contribution in [2.24, 2.45) is 0 Å². The van der Waals surface area contributed by atoms with Crippen LogP contribution < -0.4 is 0 Å². The number of pyridine rings is 1. The zero-order valence-electron chi connectivity index (χ0n) is 41.1. The molecular formula is C67H40N10. The van der Waals surface area contributed by atoms with Gasteiger partial charge in [-0.1, -0.05) is 200 Å². The maximum atomic E-state index is 5.26. The van der Waals surface area contributed by atoms with E-state index in [4.69, 9.17) is 44.9 Å². The first-order chi connectivity index (χ1) is 38.1. The molecule has 0 bridgehead atoms. The lowest BCUT2D eigenvalue weighted by atomic mass is 9.94. The van der Waals surface area contributed by atoms with Crippen LogP contribution in [0, 0.1) is 0 Å². The van der Waals surface area contributed by atoms with E-state index in [1.807, 2.05) is 182 Å². The lowest BCUT2D eigenvalue weighted by Gasteiger charge is -2.16. The van der Waals surface area contributed by atoms with Gasteiger partial charge in [0.25, 0.3) is 0 Å². The first kappa shape index (κ1) is 43.8. The molecule has 5 aromatic heterocycles. The molecule has 0 saturated carbocycles. The van der Waals surface area contributed by atoms with Crippen molar-refractivity contribution in [2.45, 2.75) is 0 Å². The number of hydrogen-bond donors (Lipinski definition) is 0. The minimum Gasteiger partial charge on any atom is -0.308 e. The van der Waals surface area contributed by atoms with Crippen LogP contribution in [0.4, 0.5) is 0 Å². The van der Waals surface area contributed by atoms with E-state index in [2.05, 4.69) is 65.1 Å². The lowest BCUT2D eigenvalue weighted by Crippen LogP contribution is -2.01. The summed E-state index contributed by atoms with van der Waals surface area (Å²) in [6, 6.07) is 82.5. The summed E-state index contributed by atoms with van der Waals surface area (Å²) in [5, 5.41) is 6.24. The van der Waals surface area contributed by atoms with Gasteiger partial charge in [-0.2, -0.15) is 0 Å². The van der Waals surface area contributed by atoms with Gasteiger partial charge >= 0.3 is 0 Å². The molecule has 0 fully saturated rings. The molecule has 358 valence electrons. The van der Waals surface area contributed by atoms with Crippen LogP contribution in [-0.4, -0.2) is 49.3 Å². The fraction of sp³-hybridized carbons (Fsp3) is 0. The molecule has 0 N–H and O–H groups in total. The quantitative estimate of drug-likeness (QED) is 0.103. The summed E-state index contributed by atoms with van der Waals surface area (Å²) in [6.45, 7) is 0. The summed E-state index contributed by atoms with van der Waals surface area (Å²) in [4.78, 5) is 46.4. The van der Waals surface area contributed by atoms with Crippen LogP contribution >= 0.6 is 0 Å². The van der Waals surface area contributed by atoms with Crippen molar-refractivity contribution in [2.75, 3.05) is 0 Å². The molecule has 10 heteroatoms. The predicted octanol–water partition coefficient (Wildman–Crippen LogP) is 15.5. The molecule has 0 aliphatic carbocycles. The van der Waals surface area contributed by atoms with Gasteiger partial charge in [0.05, 0.1) is 16.6 Å². The molecule has 10 aromatic carbocycles. The lowest BCUT2D eigenvalue weighted by molar-refractivity contribution is 1.07. The average Bonchev–Trinajstić information content (AvgIpc) is 3.91. The van der Waals surface area contributed by atoms with Crippen LogP contribution in [-0.2, 0) is 0 Å². The molecule has 15 aromatic rings. The number of nitrogens with zero attached hydrogens (tertiary/aromatic N) is 10. The smallest absolute Gasteiger partial charge is 0.164 e. The zero-order chi connectivity index (χ0) is 50.8. The minimum atomic E-state index is 0.559. The van der Waals surface area contributed by atoms with Crippen molar-refractivity contribution in [1.29, 1.82) is 0 Å². The van der Waals surface area contributed by atoms with E-state index < -0.39 is 0 Å². The molecule has 0 aliphatic heterocycles. The van der Waals surface area contributed by atoms with Crippen LogP contribution in [0.1, 0.15) is 0 Å². The van der Waals surface area contributed by atoms with Gasteiger partial charge in [0.1, 0.15) is 0 Å². The zero-order valence-corrected chi connectivity index (χ0v) is 41.1. The molecule has 77 heavy (non-hydrogen) atoms. The summed E-state index contributed by atoms with van der Waals surface area (Å²) in [6.07, 6.45) is 0. The molecule has 0 atom stereocenters.